The first-order valence-corrected chi connectivity index (χ1v) is 6.70. The van der Waals surface area contributed by atoms with Gasteiger partial charge in [0, 0.05) is 32.1 Å². The second-order valence-electron chi connectivity index (χ2n) is 3.62. The summed E-state index contributed by atoms with van der Waals surface area (Å²) in [6, 6.07) is 5.69. The topological polar surface area (TPSA) is 38.3 Å². The molecule has 0 aliphatic rings. The molecule has 1 amide bonds. The van der Waals surface area contributed by atoms with Crippen LogP contribution in [0, 0.1) is 6.92 Å². The number of amides is 1. The van der Waals surface area contributed by atoms with Crippen molar-refractivity contribution in [3.63, 3.8) is 0 Å². The molecular formula is C12H12BrNO2S. The van der Waals surface area contributed by atoms with Crippen LogP contribution in [-0.4, -0.2) is 19.7 Å². The van der Waals surface area contributed by atoms with Gasteiger partial charge in [0.05, 0.1) is 0 Å². The van der Waals surface area contributed by atoms with Crippen molar-refractivity contribution >= 4 is 43.3 Å². The summed E-state index contributed by atoms with van der Waals surface area (Å²) in [4.78, 5) is 13.0. The van der Waals surface area contributed by atoms with Crippen LogP contribution in [0.4, 0.5) is 0 Å². The van der Waals surface area contributed by atoms with E-state index in [9.17, 15) is 4.79 Å². The van der Waals surface area contributed by atoms with Gasteiger partial charge in [-0.2, -0.15) is 0 Å². The van der Waals surface area contributed by atoms with Crippen LogP contribution in [0.2, 0.25) is 0 Å². The highest BCUT2D eigenvalue weighted by Gasteiger charge is 2.10. The van der Waals surface area contributed by atoms with E-state index in [0.717, 1.165) is 14.6 Å². The van der Waals surface area contributed by atoms with E-state index in [-0.39, 0.29) is 12.6 Å². The van der Waals surface area contributed by atoms with Crippen molar-refractivity contribution in [1.82, 2.24) is 5.32 Å². The lowest BCUT2D eigenvalue weighted by atomic mass is 10.1. The van der Waals surface area contributed by atoms with Gasteiger partial charge in [0.25, 0.3) is 5.91 Å². The van der Waals surface area contributed by atoms with Crippen molar-refractivity contribution < 1.29 is 9.53 Å². The standard InChI is InChI=1S/C12H12BrNO2S/c1-7-11(13)9-4-3-8(5-10(9)17-7)12(15)14-6-16-2/h3-5H,6H2,1-2H3,(H,14,15). The molecule has 0 aliphatic carbocycles. The Morgan fingerprint density at radius 1 is 1.53 bits per heavy atom. The summed E-state index contributed by atoms with van der Waals surface area (Å²) in [5, 5.41) is 3.82. The van der Waals surface area contributed by atoms with Gasteiger partial charge in [-0.3, -0.25) is 4.79 Å². The van der Waals surface area contributed by atoms with E-state index >= 15 is 0 Å². The molecule has 5 heteroatoms. The lowest BCUT2D eigenvalue weighted by Gasteiger charge is -2.03. The Kier molecular flexibility index (Phi) is 3.81. The van der Waals surface area contributed by atoms with Crippen LogP contribution in [0.5, 0.6) is 0 Å². The Morgan fingerprint density at radius 2 is 2.29 bits per heavy atom. The molecule has 0 saturated heterocycles. The third kappa shape index (κ3) is 2.51. The number of carbonyl (C=O) groups is 1. The maximum atomic E-state index is 11.7. The van der Waals surface area contributed by atoms with Crippen molar-refractivity contribution in [2.24, 2.45) is 0 Å². The maximum absolute atomic E-state index is 11.7. The number of thiophene rings is 1. The van der Waals surface area contributed by atoms with Gasteiger partial charge < -0.3 is 10.1 Å². The highest BCUT2D eigenvalue weighted by atomic mass is 79.9. The summed E-state index contributed by atoms with van der Waals surface area (Å²) < 4.78 is 7.03. The normalized spacial score (nSPS) is 10.8. The molecule has 3 nitrogen and oxygen atoms in total. The molecule has 0 spiro atoms. The fourth-order valence-corrected chi connectivity index (χ4v) is 3.28. The van der Waals surface area contributed by atoms with E-state index in [2.05, 4.69) is 28.2 Å². The summed E-state index contributed by atoms with van der Waals surface area (Å²) in [6.07, 6.45) is 0. The van der Waals surface area contributed by atoms with Gasteiger partial charge in [0.2, 0.25) is 0 Å². The predicted octanol–water partition coefficient (Wildman–Crippen LogP) is 3.31. The average molecular weight is 314 g/mol. The molecule has 1 heterocycles. The van der Waals surface area contributed by atoms with Gasteiger partial charge >= 0.3 is 0 Å². The highest BCUT2D eigenvalue weighted by Crippen LogP contribution is 2.35. The van der Waals surface area contributed by atoms with Crippen LogP contribution in [-0.2, 0) is 4.74 Å². The largest absolute Gasteiger partial charge is 0.364 e. The van der Waals surface area contributed by atoms with E-state index in [0.29, 0.717) is 5.56 Å². The highest BCUT2D eigenvalue weighted by molar-refractivity contribution is 9.10. The number of hydrogen-bond acceptors (Lipinski definition) is 3. The Hall–Kier alpha value is -0.910. The van der Waals surface area contributed by atoms with Gasteiger partial charge in [-0.05, 0) is 35.0 Å². The molecule has 1 N–H and O–H groups in total. The van der Waals surface area contributed by atoms with Crippen molar-refractivity contribution in [2.45, 2.75) is 6.92 Å². The van der Waals surface area contributed by atoms with Crippen LogP contribution in [0.25, 0.3) is 10.1 Å². The van der Waals surface area contributed by atoms with Crippen LogP contribution in [0.1, 0.15) is 15.2 Å². The fraction of sp³-hybridized carbons (Fsp3) is 0.250. The van der Waals surface area contributed by atoms with E-state index in [1.54, 1.807) is 18.4 Å². The summed E-state index contributed by atoms with van der Waals surface area (Å²) in [5.41, 5.74) is 0.656. The van der Waals surface area contributed by atoms with E-state index in [4.69, 9.17) is 4.74 Å². The number of nitrogens with one attached hydrogen (secondary N) is 1. The number of ether oxygens (including phenoxy) is 1. The monoisotopic (exact) mass is 313 g/mol. The second-order valence-corrected chi connectivity index (χ2v) is 5.67. The zero-order valence-electron chi connectivity index (χ0n) is 9.54. The van der Waals surface area contributed by atoms with Gasteiger partial charge in [-0.1, -0.05) is 6.07 Å². The minimum Gasteiger partial charge on any atom is -0.364 e. The molecule has 0 saturated carbocycles. The third-order valence-corrected chi connectivity index (χ3v) is 4.78. The number of aryl methyl sites for hydroxylation is 1. The second kappa shape index (κ2) is 5.16. The van der Waals surface area contributed by atoms with E-state index in [1.807, 2.05) is 18.2 Å². The minimum absolute atomic E-state index is 0.115. The lowest BCUT2D eigenvalue weighted by Crippen LogP contribution is -2.25. The maximum Gasteiger partial charge on any atom is 0.253 e. The van der Waals surface area contributed by atoms with Crippen LogP contribution in [0.3, 0.4) is 0 Å². The van der Waals surface area contributed by atoms with Crippen molar-refractivity contribution in [3.05, 3.63) is 33.1 Å². The molecule has 0 bridgehead atoms. The van der Waals surface area contributed by atoms with E-state index in [1.165, 1.54) is 4.88 Å². The number of carbonyl (C=O) groups excluding carboxylic acids is 1. The summed E-state index contributed by atoms with van der Waals surface area (Å²) in [6.45, 7) is 2.28. The van der Waals surface area contributed by atoms with Crippen molar-refractivity contribution in [3.8, 4) is 0 Å². The third-order valence-electron chi connectivity index (χ3n) is 2.43. The number of rotatable bonds is 3. The molecule has 17 heavy (non-hydrogen) atoms. The van der Waals surface area contributed by atoms with Crippen LogP contribution >= 0.6 is 27.3 Å². The van der Waals surface area contributed by atoms with Crippen LogP contribution < -0.4 is 5.32 Å². The summed E-state index contributed by atoms with van der Waals surface area (Å²) >= 11 is 5.22. The smallest absolute Gasteiger partial charge is 0.253 e. The zero-order valence-corrected chi connectivity index (χ0v) is 11.9. The fourth-order valence-electron chi connectivity index (χ4n) is 1.57. The van der Waals surface area contributed by atoms with Gasteiger partial charge in [0.1, 0.15) is 6.73 Å². The average Bonchev–Trinajstić information content (AvgIpc) is 2.61. The molecule has 0 aliphatic heterocycles. The zero-order chi connectivity index (χ0) is 12.4. The molecule has 2 aromatic rings. The number of fused-ring (bicyclic) bond motifs is 1. The van der Waals surface area contributed by atoms with Gasteiger partial charge in [0.15, 0.2) is 0 Å². The SMILES string of the molecule is COCNC(=O)c1ccc2c(Br)c(C)sc2c1. The predicted molar refractivity (Wildman–Crippen MR) is 73.6 cm³/mol. The molecule has 90 valence electrons. The Balaban J connectivity index is 2.35. The molecule has 0 atom stereocenters. The molecular weight excluding hydrogens is 302 g/mol. The molecule has 0 radical (unpaired) electrons. The number of methoxy groups -OCH3 is 1. The first kappa shape index (κ1) is 12.5. The molecule has 1 aromatic carbocycles. The first-order chi connectivity index (χ1) is 8.13. The number of hydrogen-bond donors (Lipinski definition) is 1. The Labute approximate surface area is 112 Å². The molecule has 0 unspecified atom stereocenters. The van der Waals surface area contributed by atoms with Gasteiger partial charge in [-0.15, -0.1) is 11.3 Å². The number of benzene rings is 1. The molecule has 2 rings (SSSR count). The lowest BCUT2D eigenvalue weighted by molar-refractivity contribution is 0.0872. The molecule has 1 aromatic heterocycles. The summed E-state index contributed by atoms with van der Waals surface area (Å²) in [7, 11) is 1.54. The quantitative estimate of drug-likeness (QED) is 0.883. The summed E-state index contributed by atoms with van der Waals surface area (Å²) in [5.74, 6) is -0.115. The minimum atomic E-state index is -0.115. The van der Waals surface area contributed by atoms with Crippen molar-refractivity contribution in [1.29, 1.82) is 0 Å². The van der Waals surface area contributed by atoms with Crippen LogP contribution in [0.15, 0.2) is 22.7 Å². The van der Waals surface area contributed by atoms with E-state index < -0.39 is 0 Å². The molecule has 0 fully saturated rings. The Bertz CT molecular complexity index is 565. The Morgan fingerprint density at radius 3 is 3.00 bits per heavy atom. The van der Waals surface area contributed by atoms with Gasteiger partial charge in [-0.25, -0.2) is 0 Å². The number of halogens is 1. The van der Waals surface area contributed by atoms with Crippen molar-refractivity contribution in [2.75, 3.05) is 13.8 Å². The first-order valence-electron chi connectivity index (χ1n) is 5.09.